The van der Waals surface area contributed by atoms with E-state index < -0.39 is 36.4 Å². The normalized spacial score (nSPS) is 12.9. The first kappa shape index (κ1) is 14.2. The molecule has 1 atom stereocenters. The van der Waals surface area contributed by atoms with E-state index in [9.17, 15) is 27.6 Å². The molecule has 0 saturated heterocycles. The number of carbonyl (C=O) groups excluding carboxylic acids is 3. The van der Waals surface area contributed by atoms with Gasteiger partial charge in [-0.2, -0.15) is 13.2 Å². The first-order chi connectivity index (χ1) is 7.14. The van der Waals surface area contributed by atoms with Crippen molar-refractivity contribution in [2.45, 2.75) is 18.6 Å². The van der Waals surface area contributed by atoms with E-state index in [1.165, 1.54) is 5.48 Å². The highest BCUT2D eigenvalue weighted by Gasteiger charge is 2.42. The molecule has 0 radical (unpaired) electrons. The van der Waals surface area contributed by atoms with Crippen LogP contribution in [0.3, 0.4) is 0 Å². The number of nitrogens with two attached hydrogens (primary N) is 2. The van der Waals surface area contributed by atoms with Crippen molar-refractivity contribution in [1.82, 2.24) is 5.48 Å². The van der Waals surface area contributed by atoms with Crippen LogP contribution in [0.5, 0.6) is 0 Å². The highest BCUT2D eigenvalue weighted by Crippen LogP contribution is 2.15. The third-order valence-corrected chi connectivity index (χ3v) is 1.27. The molecular weight excluding hydrogens is 235 g/mol. The Hall–Kier alpha value is -1.84. The Balaban J connectivity index is 4.28. The maximum absolute atomic E-state index is 11.6. The van der Waals surface area contributed by atoms with Crippen LogP contribution in [0.2, 0.25) is 0 Å². The Kier molecular flexibility index (Phi) is 4.69. The lowest BCUT2D eigenvalue weighted by molar-refractivity contribution is -0.208. The first-order valence-electron chi connectivity index (χ1n) is 3.75. The molecule has 0 saturated carbocycles. The molecule has 0 bridgehead atoms. The highest BCUT2D eigenvalue weighted by molar-refractivity contribution is 5.86. The SMILES string of the molecule is NC(=O)C[C@H](NOC(=O)C(F)(F)F)C(N)=O. The third-order valence-electron chi connectivity index (χ3n) is 1.27. The number of hydrogen-bond donors (Lipinski definition) is 3. The minimum absolute atomic E-state index is 0.694. The largest absolute Gasteiger partial charge is 0.492 e. The Morgan fingerprint density at radius 1 is 1.25 bits per heavy atom. The van der Waals surface area contributed by atoms with Crippen molar-refractivity contribution in [3.8, 4) is 0 Å². The molecule has 10 heteroatoms. The number of hydrogen-bond acceptors (Lipinski definition) is 5. The van der Waals surface area contributed by atoms with E-state index in [4.69, 9.17) is 5.73 Å². The predicted molar refractivity (Wildman–Crippen MR) is 42.1 cm³/mol. The zero-order chi connectivity index (χ0) is 12.9. The molecule has 0 aromatic heterocycles. The maximum Gasteiger partial charge on any atom is 0.492 e. The van der Waals surface area contributed by atoms with Gasteiger partial charge >= 0.3 is 12.1 Å². The average molecular weight is 243 g/mol. The van der Waals surface area contributed by atoms with E-state index >= 15 is 0 Å². The minimum atomic E-state index is -5.22. The standard InChI is InChI=1S/C6H8F3N3O4/c7-6(8,9)5(15)16-12-2(4(11)14)1-3(10)13/h2,12H,1H2,(H2,10,13)(H2,11,14)/t2-/m0/s1. The van der Waals surface area contributed by atoms with Gasteiger partial charge in [-0.25, -0.2) is 4.79 Å². The molecule has 0 unspecified atom stereocenters. The molecule has 2 amide bonds. The summed E-state index contributed by atoms with van der Waals surface area (Å²) in [5, 5.41) is 0. The summed E-state index contributed by atoms with van der Waals surface area (Å²) in [5.41, 5.74) is 10.8. The number of primary amides is 2. The summed E-state index contributed by atoms with van der Waals surface area (Å²) < 4.78 is 34.9. The van der Waals surface area contributed by atoms with Crippen molar-refractivity contribution in [3.63, 3.8) is 0 Å². The molecule has 0 spiro atoms. The molecule has 5 N–H and O–H groups in total. The molecule has 16 heavy (non-hydrogen) atoms. The molecule has 7 nitrogen and oxygen atoms in total. The lowest BCUT2D eigenvalue weighted by Gasteiger charge is -2.13. The summed E-state index contributed by atoms with van der Waals surface area (Å²) in [5.74, 6) is -4.75. The van der Waals surface area contributed by atoms with E-state index in [1.807, 2.05) is 0 Å². The van der Waals surface area contributed by atoms with Crippen LogP contribution in [0, 0.1) is 0 Å². The van der Waals surface area contributed by atoms with Crippen molar-refractivity contribution < 1.29 is 32.4 Å². The number of rotatable bonds is 5. The van der Waals surface area contributed by atoms with Gasteiger partial charge in [0, 0.05) is 0 Å². The van der Waals surface area contributed by atoms with Crippen LogP contribution in [0.1, 0.15) is 6.42 Å². The van der Waals surface area contributed by atoms with Crippen LogP contribution in [0.4, 0.5) is 13.2 Å². The van der Waals surface area contributed by atoms with E-state index in [0.29, 0.717) is 0 Å². The van der Waals surface area contributed by atoms with E-state index in [2.05, 4.69) is 10.6 Å². The first-order valence-corrected chi connectivity index (χ1v) is 3.75. The van der Waals surface area contributed by atoms with E-state index in [0.717, 1.165) is 0 Å². The summed E-state index contributed by atoms with van der Waals surface area (Å²) in [6.45, 7) is 0. The van der Waals surface area contributed by atoms with E-state index in [1.54, 1.807) is 0 Å². The van der Waals surface area contributed by atoms with Crippen molar-refractivity contribution in [2.75, 3.05) is 0 Å². The van der Waals surface area contributed by atoms with Gasteiger partial charge in [0.25, 0.3) is 0 Å². The van der Waals surface area contributed by atoms with Gasteiger partial charge in [0.2, 0.25) is 11.8 Å². The smallest absolute Gasteiger partial charge is 0.370 e. The molecule has 0 heterocycles. The van der Waals surface area contributed by atoms with Crippen molar-refractivity contribution in [3.05, 3.63) is 0 Å². The molecule has 0 aromatic rings. The van der Waals surface area contributed by atoms with Crippen LogP contribution in [0.25, 0.3) is 0 Å². The Morgan fingerprint density at radius 3 is 2.06 bits per heavy atom. The van der Waals surface area contributed by atoms with Crippen LogP contribution in [-0.4, -0.2) is 30.0 Å². The highest BCUT2D eigenvalue weighted by atomic mass is 19.4. The van der Waals surface area contributed by atoms with Gasteiger partial charge in [-0.3, -0.25) is 9.59 Å². The average Bonchev–Trinajstić information content (AvgIpc) is 2.08. The zero-order valence-electron chi connectivity index (χ0n) is 7.71. The summed E-state index contributed by atoms with van der Waals surface area (Å²) in [6.07, 6.45) is -5.91. The number of hydroxylamine groups is 1. The second-order valence-corrected chi connectivity index (χ2v) is 2.63. The van der Waals surface area contributed by atoms with Crippen LogP contribution < -0.4 is 16.9 Å². The topological polar surface area (TPSA) is 125 Å². The Labute approximate surface area is 86.8 Å². The second-order valence-electron chi connectivity index (χ2n) is 2.63. The number of carbonyl (C=O) groups is 3. The molecule has 0 rings (SSSR count). The van der Waals surface area contributed by atoms with Gasteiger partial charge in [0.15, 0.2) is 0 Å². The molecule has 0 aliphatic heterocycles. The van der Waals surface area contributed by atoms with Crippen molar-refractivity contribution in [1.29, 1.82) is 0 Å². The summed E-state index contributed by atoms with van der Waals surface area (Å²) in [4.78, 5) is 34.7. The molecular formula is C6H8F3N3O4. The van der Waals surface area contributed by atoms with Crippen molar-refractivity contribution in [2.24, 2.45) is 11.5 Å². The lowest BCUT2D eigenvalue weighted by atomic mass is 10.2. The van der Waals surface area contributed by atoms with Gasteiger partial charge in [0.1, 0.15) is 6.04 Å². The van der Waals surface area contributed by atoms with Gasteiger partial charge in [0.05, 0.1) is 6.42 Å². The van der Waals surface area contributed by atoms with E-state index in [-0.39, 0.29) is 0 Å². The van der Waals surface area contributed by atoms with Gasteiger partial charge in [-0.15, -0.1) is 5.48 Å². The monoisotopic (exact) mass is 243 g/mol. The Morgan fingerprint density at radius 2 is 1.75 bits per heavy atom. The lowest BCUT2D eigenvalue weighted by Crippen LogP contribution is -2.46. The minimum Gasteiger partial charge on any atom is -0.370 e. The zero-order valence-corrected chi connectivity index (χ0v) is 7.71. The van der Waals surface area contributed by atoms with Crippen molar-refractivity contribution >= 4 is 17.8 Å². The summed E-state index contributed by atoms with van der Waals surface area (Å²) in [6, 6.07) is -1.61. The summed E-state index contributed by atoms with van der Waals surface area (Å²) in [7, 11) is 0. The second kappa shape index (κ2) is 5.30. The molecule has 92 valence electrons. The number of alkyl halides is 3. The van der Waals surface area contributed by atoms with Crippen LogP contribution in [-0.2, 0) is 19.2 Å². The maximum atomic E-state index is 11.6. The fraction of sp³-hybridized carbons (Fsp3) is 0.500. The number of amides is 2. The summed E-state index contributed by atoms with van der Waals surface area (Å²) >= 11 is 0. The quantitative estimate of drug-likeness (QED) is 0.498. The fourth-order valence-electron chi connectivity index (χ4n) is 0.584. The van der Waals surface area contributed by atoms with Gasteiger partial charge < -0.3 is 16.3 Å². The molecule has 0 fully saturated rings. The predicted octanol–water partition coefficient (Wildman–Crippen LogP) is -1.67. The molecule has 0 aromatic carbocycles. The Bertz CT molecular complexity index is 304. The third kappa shape index (κ3) is 5.14. The van der Waals surface area contributed by atoms with Crippen LogP contribution in [0.15, 0.2) is 0 Å². The van der Waals surface area contributed by atoms with Gasteiger partial charge in [-0.1, -0.05) is 0 Å². The van der Waals surface area contributed by atoms with Gasteiger partial charge in [-0.05, 0) is 0 Å². The molecule has 0 aliphatic rings. The molecule has 0 aliphatic carbocycles. The number of halogens is 3. The van der Waals surface area contributed by atoms with Crippen LogP contribution >= 0.6 is 0 Å². The fourth-order valence-corrected chi connectivity index (χ4v) is 0.584. The number of nitrogens with one attached hydrogen (secondary N) is 1.